The summed E-state index contributed by atoms with van der Waals surface area (Å²) in [6.07, 6.45) is -0.853. The van der Waals surface area contributed by atoms with Crippen molar-refractivity contribution in [3.63, 3.8) is 0 Å². The number of nitrogens with zero attached hydrogens (tertiary/aromatic N) is 1. The Balaban J connectivity index is 2.22. The van der Waals surface area contributed by atoms with Crippen molar-refractivity contribution in [1.29, 1.82) is 0 Å². The zero-order valence-electron chi connectivity index (χ0n) is 10.1. The van der Waals surface area contributed by atoms with E-state index in [1.807, 2.05) is 0 Å². The van der Waals surface area contributed by atoms with Gasteiger partial charge >= 0.3 is 0 Å². The van der Waals surface area contributed by atoms with E-state index in [9.17, 15) is 18.0 Å². The number of hydrogen-bond donors (Lipinski definition) is 0. The minimum Gasteiger partial charge on any atom is -0.367 e. The molecule has 7 heteroatoms. The van der Waals surface area contributed by atoms with E-state index in [0.29, 0.717) is 0 Å². The Morgan fingerprint density at radius 1 is 1.32 bits per heavy atom. The average molecular weight is 283 g/mol. The third kappa shape index (κ3) is 2.89. The number of rotatable bonds is 4. The number of Topliss-reactive ketones (excluding diaryl/α,β-unsaturated/α-hetero) is 1. The topological polar surface area (TPSA) is 80.8 Å². The van der Waals surface area contributed by atoms with Gasteiger partial charge in [0.2, 0.25) is 15.8 Å². The third-order valence-electron chi connectivity index (χ3n) is 2.84. The molecule has 2 rings (SSSR count). The normalized spacial score (nSPS) is 20.9. The molecule has 0 N–H and O–H groups in total. The zero-order chi connectivity index (χ0) is 13.9. The summed E-state index contributed by atoms with van der Waals surface area (Å²) in [6.45, 7) is 0.130. The predicted octanol–water partition coefficient (Wildman–Crippen LogP) is -0.156. The Bertz CT molecular complexity index is 569. The molecule has 0 aromatic heterocycles. The van der Waals surface area contributed by atoms with Gasteiger partial charge < -0.3 is 4.74 Å². The first-order valence-electron chi connectivity index (χ1n) is 5.71. The lowest BCUT2D eigenvalue weighted by atomic mass is 10.2. The van der Waals surface area contributed by atoms with Crippen LogP contribution in [0, 0.1) is 0 Å². The maximum atomic E-state index is 12.3. The van der Waals surface area contributed by atoms with E-state index in [1.165, 1.54) is 12.1 Å². The van der Waals surface area contributed by atoms with Crippen LogP contribution in [-0.2, 0) is 24.3 Å². The van der Waals surface area contributed by atoms with Crippen LogP contribution in [0.15, 0.2) is 35.2 Å². The van der Waals surface area contributed by atoms with Crippen LogP contribution in [0.4, 0.5) is 0 Å². The van der Waals surface area contributed by atoms with Gasteiger partial charge in [0.1, 0.15) is 6.10 Å². The van der Waals surface area contributed by atoms with E-state index in [1.54, 1.807) is 18.2 Å². The first kappa shape index (κ1) is 13.9. The summed E-state index contributed by atoms with van der Waals surface area (Å²) in [5.41, 5.74) is 0. The number of hydrogen-bond acceptors (Lipinski definition) is 5. The molecular weight excluding hydrogens is 270 g/mol. The molecule has 0 amide bonds. The Morgan fingerprint density at radius 2 is 2.00 bits per heavy atom. The molecule has 1 saturated heterocycles. The van der Waals surface area contributed by atoms with Crippen LogP contribution in [0.2, 0.25) is 0 Å². The lowest BCUT2D eigenvalue weighted by Crippen LogP contribution is -2.48. The summed E-state index contributed by atoms with van der Waals surface area (Å²) in [5, 5.41) is 0. The summed E-state index contributed by atoms with van der Waals surface area (Å²) in [5.74, 6) is -0.743. The van der Waals surface area contributed by atoms with Crippen LogP contribution in [0.5, 0.6) is 0 Å². The van der Waals surface area contributed by atoms with Crippen LogP contribution >= 0.6 is 0 Å². The van der Waals surface area contributed by atoms with Gasteiger partial charge in [-0.15, -0.1) is 0 Å². The molecule has 0 radical (unpaired) electrons. The van der Waals surface area contributed by atoms with Crippen molar-refractivity contribution in [2.75, 3.05) is 19.7 Å². The number of carbonyl (C=O) groups is 2. The first-order chi connectivity index (χ1) is 9.05. The molecule has 1 aliphatic rings. The second-order valence-electron chi connectivity index (χ2n) is 4.06. The third-order valence-corrected chi connectivity index (χ3v) is 4.72. The van der Waals surface area contributed by atoms with Gasteiger partial charge in [0.15, 0.2) is 6.29 Å². The maximum absolute atomic E-state index is 12.3. The largest absolute Gasteiger partial charge is 0.367 e. The molecule has 6 nitrogen and oxygen atoms in total. The Morgan fingerprint density at radius 3 is 2.63 bits per heavy atom. The molecule has 1 unspecified atom stereocenters. The van der Waals surface area contributed by atoms with Crippen molar-refractivity contribution in [3.05, 3.63) is 30.3 Å². The highest BCUT2D eigenvalue weighted by atomic mass is 32.2. The number of benzene rings is 1. The van der Waals surface area contributed by atoms with Crippen molar-refractivity contribution in [2.24, 2.45) is 0 Å². The molecule has 0 bridgehead atoms. The maximum Gasteiger partial charge on any atom is 0.243 e. The second kappa shape index (κ2) is 5.60. The molecule has 19 heavy (non-hydrogen) atoms. The number of sulfonamides is 1. The molecule has 1 atom stereocenters. The second-order valence-corrected chi connectivity index (χ2v) is 5.99. The van der Waals surface area contributed by atoms with Crippen molar-refractivity contribution >= 4 is 22.1 Å². The molecule has 102 valence electrons. The molecule has 1 heterocycles. The van der Waals surface area contributed by atoms with Gasteiger partial charge in [-0.3, -0.25) is 9.59 Å². The van der Waals surface area contributed by atoms with Gasteiger partial charge in [-0.1, -0.05) is 18.2 Å². The monoisotopic (exact) mass is 283 g/mol. The lowest BCUT2D eigenvalue weighted by molar-refractivity contribution is -0.140. The highest BCUT2D eigenvalue weighted by Gasteiger charge is 2.33. The molecule has 0 aliphatic carbocycles. The smallest absolute Gasteiger partial charge is 0.243 e. The highest BCUT2D eigenvalue weighted by Crippen LogP contribution is 2.18. The Kier molecular flexibility index (Phi) is 4.08. The molecular formula is C12H13NO5S. The fourth-order valence-electron chi connectivity index (χ4n) is 1.83. The van der Waals surface area contributed by atoms with Crippen LogP contribution in [0.1, 0.15) is 0 Å². The highest BCUT2D eigenvalue weighted by molar-refractivity contribution is 7.89. The summed E-state index contributed by atoms with van der Waals surface area (Å²) >= 11 is 0. The first-order valence-corrected chi connectivity index (χ1v) is 7.15. The molecule has 1 aliphatic heterocycles. The van der Waals surface area contributed by atoms with E-state index in [-0.39, 0.29) is 30.9 Å². The van der Waals surface area contributed by atoms with Gasteiger partial charge in [0.25, 0.3) is 0 Å². The molecule has 0 spiro atoms. The van der Waals surface area contributed by atoms with Gasteiger partial charge in [-0.2, -0.15) is 4.31 Å². The van der Waals surface area contributed by atoms with Crippen molar-refractivity contribution in [1.82, 2.24) is 4.31 Å². The van der Waals surface area contributed by atoms with Gasteiger partial charge in [-0.05, 0) is 12.1 Å². The van der Waals surface area contributed by atoms with Gasteiger partial charge in [0, 0.05) is 13.1 Å². The fourth-order valence-corrected chi connectivity index (χ4v) is 3.28. The van der Waals surface area contributed by atoms with E-state index in [2.05, 4.69) is 0 Å². The molecule has 1 aromatic carbocycles. The lowest BCUT2D eigenvalue weighted by Gasteiger charge is -2.30. The fraction of sp³-hybridized carbons (Fsp3) is 0.333. The molecule has 1 fully saturated rings. The number of ketones is 1. The predicted molar refractivity (Wildman–Crippen MR) is 66.0 cm³/mol. The minimum absolute atomic E-state index is 0.0936. The number of aldehydes is 1. The number of morpholine rings is 1. The summed E-state index contributed by atoms with van der Waals surface area (Å²) in [7, 11) is -3.65. The average Bonchev–Trinajstić information content (AvgIpc) is 2.47. The van der Waals surface area contributed by atoms with E-state index < -0.39 is 21.9 Å². The summed E-state index contributed by atoms with van der Waals surface area (Å²) < 4.78 is 30.9. The molecule has 1 aromatic rings. The van der Waals surface area contributed by atoms with Crippen molar-refractivity contribution in [3.8, 4) is 0 Å². The number of carbonyl (C=O) groups excluding carboxylic acids is 2. The Labute approximate surface area is 111 Å². The van der Waals surface area contributed by atoms with Crippen LogP contribution in [0.3, 0.4) is 0 Å². The molecule has 0 saturated carbocycles. The van der Waals surface area contributed by atoms with E-state index in [0.717, 1.165) is 4.31 Å². The minimum atomic E-state index is -3.65. The SMILES string of the molecule is O=CC(=O)C1CN(S(=O)(=O)c2ccccc2)CCO1. The Hall–Kier alpha value is -1.57. The summed E-state index contributed by atoms with van der Waals surface area (Å²) in [6, 6.07) is 7.95. The summed E-state index contributed by atoms with van der Waals surface area (Å²) in [4.78, 5) is 21.9. The standard InChI is InChI=1S/C12H13NO5S/c14-9-11(15)12-8-13(6-7-18-12)19(16,17)10-4-2-1-3-5-10/h1-5,9,12H,6-8H2. The van der Waals surface area contributed by atoms with Crippen molar-refractivity contribution in [2.45, 2.75) is 11.0 Å². The van der Waals surface area contributed by atoms with E-state index in [4.69, 9.17) is 4.74 Å². The van der Waals surface area contributed by atoms with Gasteiger partial charge in [-0.25, -0.2) is 8.42 Å². The van der Waals surface area contributed by atoms with E-state index >= 15 is 0 Å². The zero-order valence-corrected chi connectivity index (χ0v) is 10.9. The van der Waals surface area contributed by atoms with Gasteiger partial charge in [0.05, 0.1) is 11.5 Å². The van der Waals surface area contributed by atoms with Crippen LogP contribution in [-0.4, -0.2) is 50.6 Å². The quantitative estimate of drug-likeness (QED) is 0.567. The number of ether oxygens (including phenoxy) is 1. The van der Waals surface area contributed by atoms with Crippen molar-refractivity contribution < 1.29 is 22.7 Å². The van der Waals surface area contributed by atoms with Crippen LogP contribution in [0.25, 0.3) is 0 Å². The van der Waals surface area contributed by atoms with Crippen LogP contribution < -0.4 is 0 Å².